The van der Waals surface area contributed by atoms with Gasteiger partial charge in [0.2, 0.25) is 0 Å². The van der Waals surface area contributed by atoms with Gasteiger partial charge in [-0.3, -0.25) is 4.79 Å². The maximum Gasteiger partial charge on any atom is 0.160 e. The van der Waals surface area contributed by atoms with Crippen molar-refractivity contribution in [3.05, 3.63) is 45.1 Å². The van der Waals surface area contributed by atoms with Crippen molar-refractivity contribution in [1.29, 1.82) is 0 Å². The number of benzene rings is 1. The lowest BCUT2D eigenvalue weighted by Crippen LogP contribution is -1.72. The molecule has 0 aliphatic heterocycles. The lowest BCUT2D eigenvalue weighted by Gasteiger charge is -2.00. The van der Waals surface area contributed by atoms with Gasteiger partial charge in [0.15, 0.2) is 6.29 Å². The summed E-state index contributed by atoms with van der Waals surface area (Å²) in [7, 11) is 0. The predicted octanol–water partition coefficient (Wildman–Crippen LogP) is 4.47. The van der Waals surface area contributed by atoms with Crippen LogP contribution in [0.5, 0.6) is 0 Å². The molecule has 0 aliphatic rings. The van der Waals surface area contributed by atoms with Crippen molar-refractivity contribution in [3.8, 4) is 0 Å². The molecule has 76 valence electrons. The van der Waals surface area contributed by atoms with Crippen LogP contribution in [0.4, 0.5) is 0 Å². The van der Waals surface area contributed by atoms with Gasteiger partial charge >= 0.3 is 0 Å². The van der Waals surface area contributed by atoms with E-state index in [0.717, 1.165) is 25.4 Å². The highest BCUT2D eigenvalue weighted by Crippen LogP contribution is 2.35. The molecule has 0 radical (unpaired) electrons. The number of hydrogen-bond acceptors (Lipinski definition) is 3. The van der Waals surface area contributed by atoms with Crippen molar-refractivity contribution in [2.24, 2.45) is 0 Å². The molecule has 0 fully saturated rings. The van der Waals surface area contributed by atoms with E-state index in [1.807, 2.05) is 35.7 Å². The first-order chi connectivity index (χ1) is 7.29. The minimum atomic E-state index is 0.768. The van der Waals surface area contributed by atoms with E-state index in [1.165, 1.54) is 11.3 Å². The van der Waals surface area contributed by atoms with Crippen LogP contribution in [-0.4, -0.2) is 6.29 Å². The summed E-state index contributed by atoms with van der Waals surface area (Å²) in [4.78, 5) is 13.6. The van der Waals surface area contributed by atoms with E-state index in [0.29, 0.717) is 0 Å². The van der Waals surface area contributed by atoms with Gasteiger partial charge in [0.05, 0.1) is 4.88 Å². The molecule has 0 spiro atoms. The van der Waals surface area contributed by atoms with E-state index < -0.39 is 0 Å². The van der Waals surface area contributed by atoms with Crippen molar-refractivity contribution in [2.45, 2.75) is 9.79 Å². The topological polar surface area (TPSA) is 17.1 Å². The first kappa shape index (κ1) is 10.9. The van der Waals surface area contributed by atoms with Gasteiger partial charge < -0.3 is 0 Å². The number of rotatable bonds is 3. The fourth-order valence-corrected chi connectivity index (χ4v) is 3.37. The van der Waals surface area contributed by atoms with Crippen LogP contribution in [0.2, 0.25) is 0 Å². The third-order valence-corrected chi connectivity index (χ3v) is 4.78. The standard InChI is InChI=1S/C11H7BrOS2/c12-10-3-1-2-4-11(10)15-9-5-8(6-13)14-7-9/h1-7H. The quantitative estimate of drug-likeness (QED) is 0.778. The smallest absolute Gasteiger partial charge is 0.160 e. The van der Waals surface area contributed by atoms with E-state index in [2.05, 4.69) is 15.9 Å². The van der Waals surface area contributed by atoms with Crippen molar-refractivity contribution in [1.82, 2.24) is 0 Å². The SMILES string of the molecule is O=Cc1cc(Sc2ccccc2Br)cs1. The highest BCUT2D eigenvalue weighted by molar-refractivity contribution is 9.10. The summed E-state index contributed by atoms with van der Waals surface area (Å²) >= 11 is 6.62. The summed E-state index contributed by atoms with van der Waals surface area (Å²) in [6, 6.07) is 9.95. The molecule has 15 heavy (non-hydrogen) atoms. The third-order valence-electron chi connectivity index (χ3n) is 1.78. The van der Waals surface area contributed by atoms with Gasteiger partial charge in [-0.2, -0.15) is 0 Å². The zero-order chi connectivity index (χ0) is 10.7. The monoisotopic (exact) mass is 298 g/mol. The van der Waals surface area contributed by atoms with Gasteiger partial charge in [0.1, 0.15) is 0 Å². The second-order valence-corrected chi connectivity index (χ2v) is 5.75. The van der Waals surface area contributed by atoms with E-state index in [1.54, 1.807) is 11.8 Å². The molecule has 1 aromatic heterocycles. The normalized spacial score (nSPS) is 10.2. The molecule has 0 amide bonds. The summed E-state index contributed by atoms with van der Waals surface area (Å²) in [5.74, 6) is 0. The second kappa shape index (κ2) is 4.96. The molecule has 2 rings (SSSR count). The van der Waals surface area contributed by atoms with E-state index in [9.17, 15) is 4.79 Å². The van der Waals surface area contributed by atoms with Crippen LogP contribution in [0.15, 0.2) is 50.0 Å². The number of hydrogen-bond donors (Lipinski definition) is 0. The molecule has 0 aliphatic carbocycles. The van der Waals surface area contributed by atoms with Crippen LogP contribution < -0.4 is 0 Å². The Bertz CT molecular complexity index is 479. The molecule has 0 saturated heterocycles. The van der Waals surface area contributed by atoms with Crippen LogP contribution in [0, 0.1) is 0 Å². The molecule has 1 heterocycles. The highest BCUT2D eigenvalue weighted by atomic mass is 79.9. The summed E-state index contributed by atoms with van der Waals surface area (Å²) < 4.78 is 1.08. The molecule has 1 aromatic carbocycles. The van der Waals surface area contributed by atoms with E-state index >= 15 is 0 Å². The Morgan fingerprint density at radius 2 is 2.13 bits per heavy atom. The number of thiophene rings is 1. The summed E-state index contributed by atoms with van der Waals surface area (Å²) in [6.07, 6.45) is 0.884. The van der Waals surface area contributed by atoms with Crippen LogP contribution in [0.25, 0.3) is 0 Å². The fourth-order valence-electron chi connectivity index (χ4n) is 1.10. The number of carbonyl (C=O) groups excluding carboxylic acids is 1. The molecule has 0 atom stereocenters. The van der Waals surface area contributed by atoms with E-state index in [4.69, 9.17) is 0 Å². The van der Waals surface area contributed by atoms with E-state index in [-0.39, 0.29) is 0 Å². The number of aldehydes is 1. The molecule has 1 nitrogen and oxygen atoms in total. The van der Waals surface area contributed by atoms with Crippen molar-refractivity contribution < 1.29 is 4.79 Å². The van der Waals surface area contributed by atoms with Crippen LogP contribution in [-0.2, 0) is 0 Å². The number of carbonyl (C=O) groups is 1. The minimum Gasteiger partial charge on any atom is -0.297 e. The summed E-state index contributed by atoms with van der Waals surface area (Å²) in [6.45, 7) is 0. The molecular formula is C11H7BrOS2. The lowest BCUT2D eigenvalue weighted by molar-refractivity contribution is 0.112. The maximum atomic E-state index is 10.5. The fraction of sp³-hybridized carbons (Fsp3) is 0. The molecule has 0 unspecified atom stereocenters. The average molecular weight is 299 g/mol. The molecule has 0 bridgehead atoms. The predicted molar refractivity (Wildman–Crippen MR) is 68.0 cm³/mol. The Morgan fingerprint density at radius 1 is 1.33 bits per heavy atom. The zero-order valence-electron chi connectivity index (χ0n) is 7.64. The van der Waals surface area contributed by atoms with Crippen LogP contribution >= 0.6 is 39.0 Å². The Kier molecular flexibility index (Phi) is 3.61. The van der Waals surface area contributed by atoms with Gasteiger partial charge in [-0.1, -0.05) is 23.9 Å². The van der Waals surface area contributed by atoms with Crippen molar-refractivity contribution >= 4 is 45.3 Å². The Hall–Kier alpha value is -0.580. The molecular weight excluding hydrogens is 292 g/mol. The van der Waals surface area contributed by atoms with Gasteiger partial charge in [0.25, 0.3) is 0 Å². The lowest BCUT2D eigenvalue weighted by atomic mass is 10.4. The Labute approximate surface area is 105 Å². The van der Waals surface area contributed by atoms with Gasteiger partial charge in [-0.15, -0.1) is 11.3 Å². The average Bonchev–Trinajstić information content (AvgIpc) is 2.69. The van der Waals surface area contributed by atoms with Crippen LogP contribution in [0.1, 0.15) is 9.67 Å². The van der Waals surface area contributed by atoms with Crippen molar-refractivity contribution in [3.63, 3.8) is 0 Å². The van der Waals surface area contributed by atoms with Gasteiger partial charge in [-0.25, -0.2) is 0 Å². The first-order valence-electron chi connectivity index (χ1n) is 4.25. The second-order valence-electron chi connectivity index (χ2n) is 2.84. The largest absolute Gasteiger partial charge is 0.297 e. The molecule has 0 N–H and O–H groups in total. The van der Waals surface area contributed by atoms with Crippen molar-refractivity contribution in [2.75, 3.05) is 0 Å². The Balaban J connectivity index is 2.22. The molecule has 4 heteroatoms. The minimum absolute atomic E-state index is 0.768. The first-order valence-corrected chi connectivity index (χ1v) is 6.74. The summed E-state index contributed by atoms with van der Waals surface area (Å²) in [5.41, 5.74) is 0. The highest BCUT2D eigenvalue weighted by Gasteiger charge is 2.03. The van der Waals surface area contributed by atoms with Gasteiger partial charge in [-0.05, 0) is 34.1 Å². The maximum absolute atomic E-state index is 10.5. The third kappa shape index (κ3) is 2.71. The Morgan fingerprint density at radius 3 is 2.80 bits per heavy atom. The summed E-state index contributed by atoms with van der Waals surface area (Å²) in [5, 5.41) is 1.99. The molecule has 2 aromatic rings. The zero-order valence-corrected chi connectivity index (χ0v) is 10.9. The molecule has 0 saturated carbocycles. The van der Waals surface area contributed by atoms with Crippen LogP contribution in [0.3, 0.4) is 0 Å². The van der Waals surface area contributed by atoms with Gasteiger partial charge in [0, 0.05) is 19.6 Å². The number of halogens is 1.